The second kappa shape index (κ2) is 18.7. The highest BCUT2D eigenvalue weighted by Gasteiger charge is 2.44. The van der Waals surface area contributed by atoms with Crippen molar-refractivity contribution in [3.63, 3.8) is 0 Å². The highest BCUT2D eigenvalue weighted by atomic mass is 16.3. The van der Waals surface area contributed by atoms with Crippen LogP contribution < -0.4 is 26.2 Å². The number of pyridine rings is 1. The average molecular weight is 815 g/mol. The standard InChI is InChI=1S/C43H50N12O5/c56-26-28-23-49-55(25-28)34-22-33(37(57)38(34)58)54-27-48-36-39(47-24-32(29-10-3-1-4-11-29)30-12-5-2-6-13-30)51-40(52-41(36)54)42(59)45-18-9-19-46-43(60)50-31-15-20-53(21-16-31)35-14-7-8-17-44-35/h1-8,10-14,17,23,25,27,31-34,37-38,56-58H,9,15-16,18-22,24,26H2,(H,45,59)(H2,46,50,60)(H,47,51,52)/t33-,34+,37+,38-/m1/s1. The maximum absolute atomic E-state index is 13.7. The van der Waals surface area contributed by atoms with Gasteiger partial charge in [-0.05, 0) is 48.9 Å². The fourth-order valence-corrected chi connectivity index (χ4v) is 8.15. The van der Waals surface area contributed by atoms with Gasteiger partial charge in [0.2, 0.25) is 5.82 Å². The van der Waals surface area contributed by atoms with Gasteiger partial charge in [-0.15, -0.1) is 0 Å². The minimum absolute atomic E-state index is 0.0628. The minimum atomic E-state index is -1.21. The molecule has 0 unspecified atom stereocenters. The lowest BCUT2D eigenvalue weighted by Gasteiger charge is -2.33. The minimum Gasteiger partial charge on any atom is -0.392 e. The molecular formula is C43H50N12O5. The summed E-state index contributed by atoms with van der Waals surface area (Å²) in [6, 6.07) is 24.6. The Morgan fingerprint density at radius 1 is 0.833 bits per heavy atom. The molecule has 0 radical (unpaired) electrons. The number of anilines is 2. The number of carbonyl (C=O) groups is 2. The second-order valence-electron chi connectivity index (χ2n) is 15.3. The second-order valence-corrected chi connectivity index (χ2v) is 15.3. The van der Waals surface area contributed by atoms with E-state index in [1.54, 1.807) is 28.0 Å². The Morgan fingerprint density at radius 2 is 1.53 bits per heavy atom. The maximum atomic E-state index is 13.7. The lowest BCUT2D eigenvalue weighted by atomic mass is 9.91. The van der Waals surface area contributed by atoms with Crippen LogP contribution in [0.5, 0.6) is 0 Å². The Balaban J connectivity index is 0.952. The predicted octanol–water partition coefficient (Wildman–Crippen LogP) is 3.15. The van der Waals surface area contributed by atoms with E-state index in [2.05, 4.69) is 75.5 Å². The van der Waals surface area contributed by atoms with Crippen molar-refractivity contribution >= 4 is 34.7 Å². The number of imidazole rings is 1. The molecule has 2 aromatic carbocycles. The Labute approximate surface area is 346 Å². The highest BCUT2D eigenvalue weighted by molar-refractivity contribution is 5.94. The van der Waals surface area contributed by atoms with Crippen LogP contribution in [0.25, 0.3) is 11.2 Å². The normalized spacial score (nSPS) is 19.4. The largest absolute Gasteiger partial charge is 0.392 e. The zero-order valence-corrected chi connectivity index (χ0v) is 33.1. The number of piperidine rings is 1. The lowest BCUT2D eigenvalue weighted by Crippen LogP contribution is -2.48. The molecule has 7 N–H and O–H groups in total. The zero-order chi connectivity index (χ0) is 41.4. The lowest BCUT2D eigenvalue weighted by molar-refractivity contribution is 0.00720. The summed E-state index contributed by atoms with van der Waals surface area (Å²) in [6.45, 7) is 2.43. The van der Waals surface area contributed by atoms with Crippen LogP contribution in [-0.4, -0.2) is 113 Å². The van der Waals surface area contributed by atoms with Crippen LogP contribution in [0.2, 0.25) is 0 Å². The molecule has 1 aliphatic heterocycles. The number of amides is 3. The van der Waals surface area contributed by atoms with Crippen molar-refractivity contribution in [1.82, 2.24) is 50.2 Å². The molecule has 1 saturated heterocycles. The van der Waals surface area contributed by atoms with Gasteiger partial charge in [0, 0.05) is 62.6 Å². The summed E-state index contributed by atoms with van der Waals surface area (Å²) in [5.41, 5.74) is 3.48. The maximum Gasteiger partial charge on any atom is 0.315 e. The van der Waals surface area contributed by atoms with Crippen molar-refractivity contribution in [2.24, 2.45) is 0 Å². The molecule has 2 aliphatic rings. The van der Waals surface area contributed by atoms with Crippen molar-refractivity contribution in [2.75, 3.05) is 42.9 Å². The quantitative estimate of drug-likeness (QED) is 0.0744. The van der Waals surface area contributed by atoms with Crippen LogP contribution in [0.15, 0.2) is 104 Å². The molecule has 17 heteroatoms. The van der Waals surface area contributed by atoms with Gasteiger partial charge in [-0.3, -0.25) is 9.48 Å². The van der Waals surface area contributed by atoms with E-state index in [0.29, 0.717) is 42.1 Å². The van der Waals surface area contributed by atoms with E-state index in [0.717, 1.165) is 42.9 Å². The molecule has 2 fully saturated rings. The van der Waals surface area contributed by atoms with E-state index in [4.69, 9.17) is 0 Å². The van der Waals surface area contributed by atoms with Gasteiger partial charge in [-0.2, -0.15) is 5.10 Å². The topological polar surface area (TPSA) is 220 Å². The fraction of sp³-hybridized carbons (Fsp3) is 0.372. The van der Waals surface area contributed by atoms with Crippen LogP contribution in [0, 0.1) is 0 Å². The van der Waals surface area contributed by atoms with Crippen LogP contribution in [-0.2, 0) is 6.61 Å². The molecule has 60 heavy (non-hydrogen) atoms. The van der Waals surface area contributed by atoms with E-state index in [1.165, 1.54) is 6.20 Å². The molecule has 312 valence electrons. The van der Waals surface area contributed by atoms with Gasteiger partial charge in [0.15, 0.2) is 11.5 Å². The van der Waals surface area contributed by atoms with Gasteiger partial charge in [0.05, 0.1) is 31.2 Å². The van der Waals surface area contributed by atoms with Crippen molar-refractivity contribution < 1.29 is 24.9 Å². The monoisotopic (exact) mass is 814 g/mol. The van der Waals surface area contributed by atoms with Gasteiger partial charge in [0.1, 0.15) is 23.5 Å². The number of aliphatic hydroxyl groups excluding tert-OH is 3. The van der Waals surface area contributed by atoms with E-state index < -0.39 is 30.2 Å². The molecule has 0 spiro atoms. The number of benzene rings is 2. The Hall–Kier alpha value is -6.43. The molecule has 1 saturated carbocycles. The number of urea groups is 1. The number of nitrogens with zero attached hydrogens (tertiary/aromatic N) is 8. The summed E-state index contributed by atoms with van der Waals surface area (Å²) < 4.78 is 3.23. The first-order valence-corrected chi connectivity index (χ1v) is 20.4. The first-order valence-electron chi connectivity index (χ1n) is 20.4. The Kier molecular flexibility index (Phi) is 12.5. The smallest absolute Gasteiger partial charge is 0.315 e. The summed E-state index contributed by atoms with van der Waals surface area (Å²) in [4.78, 5) is 47.1. The number of aromatic nitrogens is 7. The van der Waals surface area contributed by atoms with E-state index >= 15 is 0 Å². The summed E-state index contributed by atoms with van der Waals surface area (Å²) >= 11 is 0. The molecule has 5 heterocycles. The Bertz CT molecular complexity index is 2300. The number of rotatable bonds is 15. The third kappa shape index (κ3) is 9.07. The number of aliphatic hydroxyl groups is 3. The molecule has 0 bridgehead atoms. The van der Waals surface area contributed by atoms with Crippen LogP contribution in [0.4, 0.5) is 16.4 Å². The number of hydrogen-bond acceptors (Lipinski definition) is 12. The van der Waals surface area contributed by atoms with Gasteiger partial charge in [0.25, 0.3) is 5.91 Å². The molecule has 1 aliphatic carbocycles. The molecule has 3 amide bonds. The zero-order valence-electron chi connectivity index (χ0n) is 33.1. The first-order chi connectivity index (χ1) is 29.4. The highest BCUT2D eigenvalue weighted by Crippen LogP contribution is 2.40. The first kappa shape index (κ1) is 40.4. The van der Waals surface area contributed by atoms with Crippen molar-refractivity contribution in [3.8, 4) is 0 Å². The van der Waals surface area contributed by atoms with Crippen molar-refractivity contribution in [3.05, 3.63) is 126 Å². The van der Waals surface area contributed by atoms with Crippen LogP contribution in [0.3, 0.4) is 0 Å². The van der Waals surface area contributed by atoms with Crippen molar-refractivity contribution in [2.45, 2.75) is 68.5 Å². The number of carbonyl (C=O) groups excluding carboxylic acids is 2. The third-order valence-corrected chi connectivity index (χ3v) is 11.4. The number of nitrogens with one attached hydrogen (secondary N) is 4. The van der Waals surface area contributed by atoms with Gasteiger partial charge in [-0.25, -0.2) is 24.7 Å². The molecule has 17 nitrogen and oxygen atoms in total. The van der Waals surface area contributed by atoms with Crippen molar-refractivity contribution in [1.29, 1.82) is 0 Å². The molecule has 8 rings (SSSR count). The summed E-state index contributed by atoms with van der Waals surface area (Å²) in [6.07, 6.45) is 6.50. The van der Waals surface area contributed by atoms with Gasteiger partial charge in [-0.1, -0.05) is 66.7 Å². The molecule has 6 aromatic rings. The van der Waals surface area contributed by atoms with Crippen LogP contribution >= 0.6 is 0 Å². The number of hydrogen-bond donors (Lipinski definition) is 7. The molecular weight excluding hydrogens is 765 g/mol. The third-order valence-electron chi connectivity index (χ3n) is 11.4. The van der Waals surface area contributed by atoms with Gasteiger partial charge >= 0.3 is 6.03 Å². The van der Waals surface area contributed by atoms with Crippen LogP contribution in [0.1, 0.15) is 71.0 Å². The fourth-order valence-electron chi connectivity index (χ4n) is 8.15. The Morgan fingerprint density at radius 3 is 2.22 bits per heavy atom. The SMILES string of the molecule is O=C(NCCCNC(=O)c1nc(NCC(c2ccccc2)c2ccccc2)c2ncn([C@@H]3C[C@H](n4cc(CO)cn4)[C@@H](O)[C@H]3O)c2n1)NC1CCN(c2ccccn2)CC1. The van der Waals surface area contributed by atoms with Gasteiger partial charge < -0.3 is 46.1 Å². The average Bonchev–Trinajstić information content (AvgIpc) is 4.02. The van der Waals surface area contributed by atoms with E-state index in [-0.39, 0.29) is 43.4 Å². The van der Waals surface area contributed by atoms with E-state index in [1.807, 2.05) is 54.6 Å². The summed E-state index contributed by atoms with van der Waals surface area (Å²) in [7, 11) is 0. The summed E-state index contributed by atoms with van der Waals surface area (Å²) in [5, 5.41) is 48.7. The molecule has 4 aromatic heterocycles. The predicted molar refractivity (Wildman–Crippen MR) is 224 cm³/mol. The summed E-state index contributed by atoms with van der Waals surface area (Å²) in [5.74, 6) is 0.601. The molecule has 4 atom stereocenters. The van der Waals surface area contributed by atoms with E-state index in [9.17, 15) is 24.9 Å². The number of fused-ring (bicyclic) bond motifs is 1.